The number of rotatable bonds is 7. The van der Waals surface area contributed by atoms with Crippen LogP contribution in [0.25, 0.3) is 0 Å². The van der Waals surface area contributed by atoms with Crippen LogP contribution >= 0.6 is 24.0 Å². The van der Waals surface area contributed by atoms with Crippen molar-refractivity contribution in [1.82, 2.24) is 25.4 Å². The Bertz CT molecular complexity index is 848. The van der Waals surface area contributed by atoms with Gasteiger partial charge in [-0.25, -0.2) is 4.98 Å². The van der Waals surface area contributed by atoms with Crippen molar-refractivity contribution >= 4 is 29.9 Å². The molecule has 1 heterocycles. The topological polar surface area (TPSA) is 67.1 Å². The predicted octanol–water partition coefficient (Wildman–Crippen LogP) is 3.12. The van der Waals surface area contributed by atoms with E-state index in [9.17, 15) is 0 Å². The zero-order chi connectivity index (χ0) is 18.9. The van der Waals surface area contributed by atoms with E-state index in [2.05, 4.69) is 86.4 Å². The van der Waals surface area contributed by atoms with Crippen LogP contribution in [0.15, 0.2) is 72.0 Å². The summed E-state index contributed by atoms with van der Waals surface area (Å²) in [5.74, 6) is 1.97. The van der Waals surface area contributed by atoms with Gasteiger partial charge in [0.05, 0.1) is 6.54 Å². The van der Waals surface area contributed by atoms with Crippen LogP contribution < -0.4 is 10.6 Å². The van der Waals surface area contributed by atoms with Crippen molar-refractivity contribution in [2.75, 3.05) is 13.6 Å². The van der Waals surface area contributed by atoms with Gasteiger partial charge in [-0.05, 0) is 17.5 Å². The molecule has 0 aliphatic carbocycles. The zero-order valence-electron chi connectivity index (χ0n) is 16.2. The van der Waals surface area contributed by atoms with Crippen LogP contribution in [0, 0.1) is 0 Å². The highest BCUT2D eigenvalue weighted by Gasteiger charge is 2.13. The molecule has 1 unspecified atom stereocenters. The van der Waals surface area contributed by atoms with Crippen LogP contribution in [0.1, 0.15) is 22.9 Å². The minimum atomic E-state index is 0. The first-order chi connectivity index (χ1) is 13.3. The summed E-state index contributed by atoms with van der Waals surface area (Å²) in [5, 5.41) is 10.8. The molecule has 0 amide bonds. The summed E-state index contributed by atoms with van der Waals surface area (Å²) in [6.07, 6.45) is 2.52. The number of guanidine groups is 1. The van der Waals surface area contributed by atoms with Crippen molar-refractivity contribution in [2.45, 2.75) is 18.9 Å². The van der Waals surface area contributed by atoms with E-state index in [1.165, 1.54) is 11.1 Å². The molecule has 28 heavy (non-hydrogen) atoms. The molecule has 148 valence electrons. The lowest BCUT2D eigenvalue weighted by molar-refractivity contribution is 0.634. The number of benzene rings is 2. The van der Waals surface area contributed by atoms with Crippen molar-refractivity contribution in [3.8, 4) is 0 Å². The van der Waals surface area contributed by atoms with E-state index in [-0.39, 0.29) is 24.0 Å². The summed E-state index contributed by atoms with van der Waals surface area (Å²) in [6, 6.07) is 21.2. The molecule has 0 spiro atoms. The molecule has 0 saturated heterocycles. The fourth-order valence-corrected chi connectivity index (χ4v) is 3.02. The van der Waals surface area contributed by atoms with Crippen molar-refractivity contribution < 1.29 is 0 Å². The minimum absolute atomic E-state index is 0. The number of aryl methyl sites for hydroxylation is 1. The molecule has 0 aliphatic rings. The molecule has 0 fully saturated rings. The van der Waals surface area contributed by atoms with Crippen molar-refractivity contribution in [1.29, 1.82) is 0 Å². The maximum Gasteiger partial charge on any atom is 0.191 e. The van der Waals surface area contributed by atoms with Gasteiger partial charge in [-0.1, -0.05) is 60.7 Å². The number of nitrogens with one attached hydrogen (secondary N) is 2. The maximum absolute atomic E-state index is 4.33. The number of hydrogen-bond acceptors (Lipinski definition) is 3. The summed E-state index contributed by atoms with van der Waals surface area (Å²) in [7, 11) is 3.66. The third kappa shape index (κ3) is 6.33. The second-order valence-electron chi connectivity index (χ2n) is 6.40. The molecule has 2 N–H and O–H groups in total. The largest absolute Gasteiger partial charge is 0.356 e. The summed E-state index contributed by atoms with van der Waals surface area (Å²) >= 11 is 0. The molecule has 3 rings (SSSR count). The third-order valence-electron chi connectivity index (χ3n) is 4.55. The maximum atomic E-state index is 4.33. The van der Waals surface area contributed by atoms with E-state index in [1.807, 2.05) is 7.05 Å². The van der Waals surface area contributed by atoms with Gasteiger partial charge in [0.1, 0.15) is 12.2 Å². The lowest BCUT2D eigenvalue weighted by Crippen LogP contribution is -2.39. The molecule has 0 bridgehead atoms. The summed E-state index contributed by atoms with van der Waals surface area (Å²) in [6.45, 7) is 1.36. The Morgan fingerprint density at radius 2 is 1.71 bits per heavy atom. The standard InChI is InChI=1S/C21H26N6.HI/c1-22-21(24-15-20-25-16-26-27(20)2)23-14-19(18-11-7-4-8-12-18)13-17-9-5-3-6-10-17;/h3-12,16,19H,13-15H2,1-2H3,(H2,22,23,24);1H. The second-order valence-corrected chi connectivity index (χ2v) is 6.40. The van der Waals surface area contributed by atoms with Gasteiger partial charge in [0.25, 0.3) is 0 Å². The summed E-state index contributed by atoms with van der Waals surface area (Å²) in [4.78, 5) is 8.55. The Morgan fingerprint density at radius 1 is 1.04 bits per heavy atom. The fourth-order valence-electron chi connectivity index (χ4n) is 3.02. The van der Waals surface area contributed by atoms with Crippen molar-refractivity contribution in [2.24, 2.45) is 12.0 Å². The summed E-state index contributed by atoms with van der Waals surface area (Å²) < 4.78 is 1.75. The quantitative estimate of drug-likeness (QED) is 0.304. The van der Waals surface area contributed by atoms with Gasteiger partial charge < -0.3 is 10.6 Å². The molecule has 0 saturated carbocycles. The number of nitrogens with zero attached hydrogens (tertiary/aromatic N) is 4. The SMILES string of the molecule is CN=C(NCc1ncnn1C)NCC(Cc1ccccc1)c1ccccc1.I. The first-order valence-corrected chi connectivity index (χ1v) is 9.12. The van der Waals surface area contributed by atoms with Gasteiger partial charge in [-0.15, -0.1) is 24.0 Å². The number of aliphatic imine (C=N–C) groups is 1. The van der Waals surface area contributed by atoms with Gasteiger partial charge in [0.15, 0.2) is 5.96 Å². The lowest BCUT2D eigenvalue weighted by atomic mass is 9.92. The van der Waals surface area contributed by atoms with E-state index in [0.717, 1.165) is 24.7 Å². The normalized spacial score (nSPS) is 12.1. The Balaban J connectivity index is 0.00000280. The van der Waals surface area contributed by atoms with Crippen LogP contribution in [-0.4, -0.2) is 34.3 Å². The van der Waals surface area contributed by atoms with Gasteiger partial charge in [0, 0.05) is 26.6 Å². The van der Waals surface area contributed by atoms with Crippen LogP contribution in [-0.2, 0) is 20.0 Å². The summed E-state index contributed by atoms with van der Waals surface area (Å²) in [5.41, 5.74) is 2.65. The fraction of sp³-hybridized carbons (Fsp3) is 0.286. The van der Waals surface area contributed by atoms with Gasteiger partial charge in [-0.3, -0.25) is 9.67 Å². The Morgan fingerprint density at radius 3 is 2.32 bits per heavy atom. The van der Waals surface area contributed by atoms with Crippen molar-refractivity contribution in [3.05, 3.63) is 83.9 Å². The first-order valence-electron chi connectivity index (χ1n) is 9.12. The van der Waals surface area contributed by atoms with E-state index < -0.39 is 0 Å². The van der Waals surface area contributed by atoms with E-state index >= 15 is 0 Å². The second kappa shape index (κ2) is 11.4. The molecular formula is C21H27IN6. The van der Waals surface area contributed by atoms with Crippen LogP contribution in [0.3, 0.4) is 0 Å². The third-order valence-corrected chi connectivity index (χ3v) is 4.55. The van der Waals surface area contributed by atoms with Gasteiger partial charge in [-0.2, -0.15) is 5.10 Å². The van der Waals surface area contributed by atoms with Crippen LogP contribution in [0.2, 0.25) is 0 Å². The highest BCUT2D eigenvalue weighted by Crippen LogP contribution is 2.20. The predicted molar refractivity (Wildman–Crippen MR) is 124 cm³/mol. The van der Waals surface area contributed by atoms with Crippen LogP contribution in [0.5, 0.6) is 0 Å². The van der Waals surface area contributed by atoms with E-state index in [1.54, 1.807) is 18.1 Å². The zero-order valence-corrected chi connectivity index (χ0v) is 18.6. The molecule has 1 atom stereocenters. The first kappa shape index (κ1) is 21.9. The molecule has 1 aromatic heterocycles. The lowest BCUT2D eigenvalue weighted by Gasteiger charge is -2.20. The average molecular weight is 490 g/mol. The molecule has 3 aromatic rings. The molecule has 0 aliphatic heterocycles. The number of halogens is 1. The Kier molecular flexibility index (Phi) is 8.93. The Hall–Kier alpha value is -2.42. The van der Waals surface area contributed by atoms with Gasteiger partial charge in [0.2, 0.25) is 0 Å². The molecule has 0 radical (unpaired) electrons. The van der Waals surface area contributed by atoms with E-state index in [4.69, 9.17) is 0 Å². The molecule has 2 aromatic carbocycles. The van der Waals surface area contributed by atoms with Gasteiger partial charge >= 0.3 is 0 Å². The number of hydrogen-bond donors (Lipinski definition) is 2. The molecule has 6 nitrogen and oxygen atoms in total. The average Bonchev–Trinajstić information content (AvgIpc) is 3.13. The monoisotopic (exact) mass is 490 g/mol. The molecule has 7 heteroatoms. The Labute approximate surface area is 183 Å². The van der Waals surface area contributed by atoms with E-state index in [0.29, 0.717) is 12.5 Å². The molecular weight excluding hydrogens is 463 g/mol. The smallest absolute Gasteiger partial charge is 0.191 e. The minimum Gasteiger partial charge on any atom is -0.356 e. The number of aromatic nitrogens is 3. The van der Waals surface area contributed by atoms with Crippen molar-refractivity contribution in [3.63, 3.8) is 0 Å². The highest BCUT2D eigenvalue weighted by molar-refractivity contribution is 14.0. The highest BCUT2D eigenvalue weighted by atomic mass is 127. The van der Waals surface area contributed by atoms with Crippen LogP contribution in [0.4, 0.5) is 0 Å².